The Labute approximate surface area is 119 Å². The molecule has 2 rings (SSSR count). The van der Waals surface area contributed by atoms with Crippen molar-refractivity contribution in [2.45, 2.75) is 52.0 Å². The second-order valence-electron chi connectivity index (χ2n) is 5.09. The van der Waals surface area contributed by atoms with Crippen LogP contribution in [0.3, 0.4) is 0 Å². The number of imidazole rings is 1. The van der Waals surface area contributed by atoms with Crippen LogP contribution in [0.15, 0.2) is 6.33 Å². The predicted octanol–water partition coefficient (Wildman–Crippen LogP) is 2.95. The van der Waals surface area contributed by atoms with E-state index in [0.29, 0.717) is 17.3 Å². The number of nitrogens with zero attached hydrogens (tertiary/aromatic N) is 4. The zero-order valence-corrected chi connectivity index (χ0v) is 12.5. The number of nitrogens with two attached hydrogens (primary N) is 1. The number of nitrogen functional groups attached to an aromatic ring is 1. The molecule has 0 bridgehead atoms. The van der Waals surface area contributed by atoms with Crippen molar-refractivity contribution in [1.29, 1.82) is 0 Å². The van der Waals surface area contributed by atoms with Crippen molar-refractivity contribution >= 4 is 17.1 Å². The third kappa shape index (κ3) is 2.84. The normalized spacial score (nSPS) is 12.8. The lowest BCUT2D eigenvalue weighted by atomic mass is 10.1. The molecule has 6 heteroatoms. The highest BCUT2D eigenvalue weighted by Gasteiger charge is 2.18. The summed E-state index contributed by atoms with van der Waals surface area (Å²) in [4.78, 5) is 12.7. The lowest BCUT2D eigenvalue weighted by Gasteiger charge is -2.15. The molecule has 20 heavy (non-hydrogen) atoms. The van der Waals surface area contributed by atoms with Gasteiger partial charge in [0, 0.05) is 6.04 Å². The minimum Gasteiger partial charge on any atom is -0.479 e. The van der Waals surface area contributed by atoms with Crippen molar-refractivity contribution in [2.75, 3.05) is 12.8 Å². The Bertz CT molecular complexity index is 566. The van der Waals surface area contributed by atoms with Gasteiger partial charge >= 0.3 is 0 Å². The topological polar surface area (TPSA) is 78.9 Å². The highest BCUT2D eigenvalue weighted by atomic mass is 16.5. The summed E-state index contributed by atoms with van der Waals surface area (Å²) in [6.07, 6.45) is 7.53. The lowest BCUT2D eigenvalue weighted by molar-refractivity contribution is 0.401. The van der Waals surface area contributed by atoms with Crippen molar-refractivity contribution in [2.24, 2.45) is 0 Å². The van der Waals surface area contributed by atoms with Gasteiger partial charge < -0.3 is 10.5 Å². The van der Waals surface area contributed by atoms with E-state index >= 15 is 0 Å². The smallest absolute Gasteiger partial charge is 0.245 e. The van der Waals surface area contributed by atoms with E-state index in [1.807, 2.05) is 4.57 Å². The Kier molecular flexibility index (Phi) is 4.76. The molecule has 2 aromatic heterocycles. The summed E-state index contributed by atoms with van der Waals surface area (Å²) in [6.45, 7) is 4.37. The molecule has 0 aromatic carbocycles. The summed E-state index contributed by atoms with van der Waals surface area (Å²) in [7, 11) is 1.57. The molecule has 2 N–H and O–H groups in total. The van der Waals surface area contributed by atoms with Crippen LogP contribution in [0.25, 0.3) is 11.2 Å². The Balaban J connectivity index is 2.23. The van der Waals surface area contributed by atoms with Crippen molar-refractivity contribution in [3.8, 4) is 5.88 Å². The molecule has 2 heterocycles. The molecule has 110 valence electrons. The first kappa shape index (κ1) is 14.6. The fourth-order valence-electron chi connectivity index (χ4n) is 2.48. The Morgan fingerprint density at radius 1 is 1.30 bits per heavy atom. The highest BCUT2D eigenvalue weighted by Crippen LogP contribution is 2.28. The van der Waals surface area contributed by atoms with Gasteiger partial charge in [0.1, 0.15) is 6.33 Å². The number of unbranched alkanes of at least 4 members (excludes halogenated alkanes) is 3. The number of aromatic nitrogens is 4. The first-order valence-electron chi connectivity index (χ1n) is 7.21. The van der Waals surface area contributed by atoms with Gasteiger partial charge in [-0.3, -0.25) is 4.57 Å². The van der Waals surface area contributed by atoms with E-state index in [-0.39, 0.29) is 6.04 Å². The minimum absolute atomic E-state index is 0.275. The molecule has 1 unspecified atom stereocenters. The van der Waals surface area contributed by atoms with Gasteiger partial charge in [-0.15, -0.1) is 0 Å². The van der Waals surface area contributed by atoms with Crippen LogP contribution < -0.4 is 10.5 Å². The zero-order chi connectivity index (χ0) is 14.5. The van der Waals surface area contributed by atoms with Gasteiger partial charge in [-0.25, -0.2) is 9.97 Å². The molecule has 0 spiro atoms. The summed E-state index contributed by atoms with van der Waals surface area (Å²) in [5.74, 6) is 0.945. The Morgan fingerprint density at radius 2 is 2.10 bits per heavy atom. The SMILES string of the molecule is CCCCCCC(C)n1c(N)nc2c(OC)ncnc21. The Hall–Kier alpha value is -1.85. The molecular formula is C14H23N5O. The van der Waals surface area contributed by atoms with E-state index in [9.17, 15) is 0 Å². The summed E-state index contributed by atoms with van der Waals surface area (Å²) >= 11 is 0. The number of rotatable bonds is 7. The second kappa shape index (κ2) is 6.54. The van der Waals surface area contributed by atoms with Crippen molar-refractivity contribution in [3.63, 3.8) is 0 Å². The summed E-state index contributed by atoms with van der Waals surface area (Å²) in [6, 6.07) is 0.275. The van der Waals surface area contributed by atoms with Crippen molar-refractivity contribution in [3.05, 3.63) is 6.33 Å². The zero-order valence-electron chi connectivity index (χ0n) is 12.5. The molecule has 0 aliphatic heterocycles. The standard InChI is InChI=1S/C14H23N5O/c1-4-5-6-7-8-10(2)19-12-11(18-14(19)15)13(20-3)17-9-16-12/h9-10H,4-8H2,1-3H3,(H2,15,18). The largest absolute Gasteiger partial charge is 0.479 e. The third-order valence-electron chi connectivity index (χ3n) is 3.58. The fourth-order valence-corrected chi connectivity index (χ4v) is 2.48. The first-order valence-corrected chi connectivity index (χ1v) is 7.21. The van der Waals surface area contributed by atoms with Crippen LogP contribution in [0.2, 0.25) is 0 Å². The van der Waals surface area contributed by atoms with Gasteiger partial charge in [0.15, 0.2) is 11.2 Å². The lowest BCUT2D eigenvalue weighted by Crippen LogP contribution is -2.09. The number of fused-ring (bicyclic) bond motifs is 1. The maximum atomic E-state index is 6.04. The summed E-state index contributed by atoms with van der Waals surface area (Å²) in [5.41, 5.74) is 7.42. The molecule has 0 aliphatic rings. The number of ether oxygens (including phenoxy) is 1. The van der Waals surface area contributed by atoms with E-state index in [0.717, 1.165) is 12.1 Å². The van der Waals surface area contributed by atoms with E-state index in [2.05, 4.69) is 28.8 Å². The average Bonchev–Trinajstić information content (AvgIpc) is 2.79. The van der Waals surface area contributed by atoms with Crippen LogP contribution in [0.5, 0.6) is 5.88 Å². The molecule has 6 nitrogen and oxygen atoms in total. The van der Waals surface area contributed by atoms with Gasteiger partial charge in [0.25, 0.3) is 0 Å². The van der Waals surface area contributed by atoms with Crippen LogP contribution in [0.1, 0.15) is 52.0 Å². The maximum Gasteiger partial charge on any atom is 0.245 e. The second-order valence-corrected chi connectivity index (χ2v) is 5.09. The van der Waals surface area contributed by atoms with Crippen LogP contribution in [0.4, 0.5) is 5.95 Å². The van der Waals surface area contributed by atoms with Gasteiger partial charge in [-0.05, 0) is 13.3 Å². The van der Waals surface area contributed by atoms with E-state index in [1.165, 1.54) is 32.0 Å². The molecule has 1 atom stereocenters. The molecule has 0 saturated heterocycles. The fraction of sp³-hybridized carbons (Fsp3) is 0.643. The van der Waals surface area contributed by atoms with Gasteiger partial charge in [-0.2, -0.15) is 4.98 Å². The highest BCUT2D eigenvalue weighted by molar-refractivity contribution is 5.79. The summed E-state index contributed by atoms with van der Waals surface area (Å²) < 4.78 is 7.18. The maximum absolute atomic E-state index is 6.04. The minimum atomic E-state index is 0.275. The Morgan fingerprint density at radius 3 is 2.80 bits per heavy atom. The first-order chi connectivity index (χ1) is 9.69. The van der Waals surface area contributed by atoms with Crippen LogP contribution in [0, 0.1) is 0 Å². The van der Waals surface area contributed by atoms with E-state index < -0.39 is 0 Å². The van der Waals surface area contributed by atoms with Crippen LogP contribution in [-0.2, 0) is 0 Å². The molecule has 0 radical (unpaired) electrons. The summed E-state index contributed by atoms with van der Waals surface area (Å²) in [5, 5.41) is 0. The number of methoxy groups -OCH3 is 1. The van der Waals surface area contributed by atoms with Crippen LogP contribution in [-0.4, -0.2) is 26.6 Å². The number of hydrogen-bond acceptors (Lipinski definition) is 5. The molecular weight excluding hydrogens is 254 g/mol. The number of anilines is 1. The molecule has 0 fully saturated rings. The van der Waals surface area contributed by atoms with Gasteiger partial charge in [0.2, 0.25) is 11.8 Å². The quantitative estimate of drug-likeness (QED) is 0.787. The van der Waals surface area contributed by atoms with Crippen molar-refractivity contribution < 1.29 is 4.74 Å². The number of hydrogen-bond donors (Lipinski definition) is 1. The van der Waals surface area contributed by atoms with Crippen molar-refractivity contribution in [1.82, 2.24) is 19.5 Å². The monoisotopic (exact) mass is 277 g/mol. The predicted molar refractivity (Wildman–Crippen MR) is 79.8 cm³/mol. The average molecular weight is 277 g/mol. The molecule has 2 aromatic rings. The molecule has 0 amide bonds. The molecule has 0 saturated carbocycles. The van der Waals surface area contributed by atoms with E-state index in [1.54, 1.807) is 7.11 Å². The van der Waals surface area contributed by atoms with Gasteiger partial charge in [0.05, 0.1) is 7.11 Å². The molecule has 0 aliphatic carbocycles. The third-order valence-corrected chi connectivity index (χ3v) is 3.58. The van der Waals surface area contributed by atoms with E-state index in [4.69, 9.17) is 10.5 Å². The van der Waals surface area contributed by atoms with Gasteiger partial charge in [-0.1, -0.05) is 32.6 Å². The van der Waals surface area contributed by atoms with Crippen LogP contribution >= 0.6 is 0 Å².